The van der Waals surface area contributed by atoms with E-state index in [-0.39, 0.29) is 17.3 Å². The quantitative estimate of drug-likeness (QED) is 0.677. The number of hydrogen-bond donors (Lipinski definition) is 2. The predicted molar refractivity (Wildman–Crippen MR) is 101 cm³/mol. The summed E-state index contributed by atoms with van der Waals surface area (Å²) in [6, 6.07) is 7.74. The number of nitrogens with zero attached hydrogens (tertiary/aromatic N) is 2. The van der Waals surface area contributed by atoms with Gasteiger partial charge in [0.15, 0.2) is 0 Å². The minimum absolute atomic E-state index is 0.165. The maximum absolute atomic E-state index is 13.1. The Labute approximate surface area is 158 Å². The number of sulfonamides is 1. The van der Waals surface area contributed by atoms with Crippen molar-refractivity contribution < 1.29 is 12.8 Å². The Hall–Kier alpha value is -2.45. The van der Waals surface area contributed by atoms with Gasteiger partial charge >= 0.3 is 0 Å². The average molecular weight is 386 g/mol. The van der Waals surface area contributed by atoms with Gasteiger partial charge in [-0.2, -0.15) is 0 Å². The second-order valence-electron chi connectivity index (χ2n) is 7.11. The van der Waals surface area contributed by atoms with Crippen LogP contribution < -0.4 is 4.72 Å². The molecule has 0 bridgehead atoms. The molecule has 0 radical (unpaired) electrons. The summed E-state index contributed by atoms with van der Waals surface area (Å²) in [7, 11) is -3.76. The zero-order valence-electron chi connectivity index (χ0n) is 15.5. The Morgan fingerprint density at radius 1 is 1.19 bits per heavy atom. The smallest absolute Gasteiger partial charge is 0.250 e. The Morgan fingerprint density at radius 3 is 2.67 bits per heavy atom. The van der Waals surface area contributed by atoms with Gasteiger partial charge in [0.1, 0.15) is 4.90 Å². The lowest BCUT2D eigenvalue weighted by Gasteiger charge is -2.09. The number of benzene rings is 1. The minimum Gasteiger partial charge on any atom is -0.420 e. The Bertz CT molecular complexity index is 1090. The van der Waals surface area contributed by atoms with Crippen molar-refractivity contribution in [3.63, 3.8) is 0 Å². The van der Waals surface area contributed by atoms with Crippen LogP contribution >= 0.6 is 0 Å². The van der Waals surface area contributed by atoms with Crippen molar-refractivity contribution in [2.75, 3.05) is 0 Å². The zero-order chi connectivity index (χ0) is 19.2. The van der Waals surface area contributed by atoms with E-state index in [1.807, 2.05) is 38.1 Å². The number of aromatic nitrogens is 3. The van der Waals surface area contributed by atoms with Crippen LogP contribution in [0.5, 0.6) is 0 Å². The Kier molecular flexibility index (Phi) is 4.39. The highest BCUT2D eigenvalue weighted by molar-refractivity contribution is 7.89. The van der Waals surface area contributed by atoms with Gasteiger partial charge in [0, 0.05) is 23.9 Å². The molecule has 0 amide bonds. The number of rotatable bonds is 6. The van der Waals surface area contributed by atoms with Crippen LogP contribution in [-0.4, -0.2) is 23.6 Å². The topological polar surface area (TPSA) is 101 Å². The van der Waals surface area contributed by atoms with Crippen LogP contribution in [0.15, 0.2) is 33.6 Å². The number of H-pyrrole nitrogens is 1. The highest BCUT2D eigenvalue weighted by Crippen LogP contribution is 2.41. The molecule has 8 heteroatoms. The highest BCUT2D eigenvalue weighted by atomic mass is 32.2. The summed E-state index contributed by atoms with van der Waals surface area (Å²) in [6.45, 7) is 5.73. The molecule has 1 aliphatic rings. The van der Waals surface area contributed by atoms with Gasteiger partial charge in [-0.1, -0.05) is 29.8 Å². The van der Waals surface area contributed by atoms with Gasteiger partial charge in [-0.3, -0.25) is 0 Å². The lowest BCUT2D eigenvalue weighted by atomic mass is 10.1. The van der Waals surface area contributed by atoms with Crippen molar-refractivity contribution in [2.24, 2.45) is 0 Å². The van der Waals surface area contributed by atoms with E-state index in [9.17, 15) is 8.42 Å². The van der Waals surface area contributed by atoms with Crippen molar-refractivity contribution in [1.82, 2.24) is 19.9 Å². The van der Waals surface area contributed by atoms with Crippen LogP contribution in [0.2, 0.25) is 0 Å². The molecule has 1 fully saturated rings. The van der Waals surface area contributed by atoms with E-state index in [2.05, 4.69) is 19.9 Å². The van der Waals surface area contributed by atoms with Gasteiger partial charge in [0.25, 0.3) is 5.89 Å². The van der Waals surface area contributed by atoms with Gasteiger partial charge in [-0.25, -0.2) is 13.1 Å². The first-order valence-corrected chi connectivity index (χ1v) is 10.4. The molecule has 2 heterocycles. The summed E-state index contributed by atoms with van der Waals surface area (Å²) in [5.74, 6) is 1.14. The normalized spacial score (nSPS) is 14.6. The first-order chi connectivity index (χ1) is 12.8. The standard InChI is InChI=1S/C19H22N4O3S/c1-11-5-4-6-14(9-11)10-20-27(24,25)17-13(3)21-12(2)16(17)19-23-22-18(26-19)15-7-8-15/h4-6,9,15,20-21H,7-8,10H2,1-3H3. The minimum atomic E-state index is -3.76. The molecule has 1 aromatic carbocycles. The van der Waals surface area contributed by atoms with Crippen molar-refractivity contribution in [3.8, 4) is 11.5 Å². The monoisotopic (exact) mass is 386 g/mol. The van der Waals surface area contributed by atoms with Gasteiger partial charge < -0.3 is 9.40 Å². The largest absolute Gasteiger partial charge is 0.420 e. The second kappa shape index (κ2) is 6.61. The fourth-order valence-electron chi connectivity index (χ4n) is 3.26. The van der Waals surface area contributed by atoms with E-state index in [1.165, 1.54) is 0 Å². The summed E-state index contributed by atoms with van der Waals surface area (Å²) in [5, 5.41) is 8.18. The lowest BCUT2D eigenvalue weighted by Crippen LogP contribution is -2.24. The van der Waals surface area contributed by atoms with Crippen LogP contribution in [0.4, 0.5) is 0 Å². The van der Waals surface area contributed by atoms with Gasteiger partial charge in [0.05, 0.1) is 5.56 Å². The fraction of sp³-hybridized carbons (Fsp3) is 0.368. The highest BCUT2D eigenvalue weighted by Gasteiger charge is 2.32. The maximum Gasteiger partial charge on any atom is 0.250 e. The third-order valence-electron chi connectivity index (χ3n) is 4.72. The van der Waals surface area contributed by atoms with E-state index in [0.717, 1.165) is 24.0 Å². The molecule has 3 aromatic rings. The zero-order valence-corrected chi connectivity index (χ0v) is 16.4. The molecule has 142 valence electrons. The molecular weight excluding hydrogens is 364 g/mol. The maximum atomic E-state index is 13.1. The van der Waals surface area contributed by atoms with Gasteiger partial charge in [-0.15, -0.1) is 10.2 Å². The average Bonchev–Trinajstić information content (AvgIpc) is 3.26. The summed E-state index contributed by atoms with van der Waals surface area (Å²) >= 11 is 0. The molecule has 0 unspecified atom stereocenters. The molecule has 27 heavy (non-hydrogen) atoms. The van der Waals surface area contributed by atoms with Crippen molar-refractivity contribution in [3.05, 3.63) is 52.7 Å². The van der Waals surface area contributed by atoms with Crippen LogP contribution in [0.3, 0.4) is 0 Å². The van der Waals surface area contributed by atoms with E-state index in [1.54, 1.807) is 6.92 Å². The molecule has 1 aliphatic carbocycles. The molecule has 0 aliphatic heterocycles. The van der Waals surface area contributed by atoms with Crippen molar-refractivity contribution >= 4 is 10.0 Å². The first-order valence-electron chi connectivity index (χ1n) is 8.93. The number of nitrogens with one attached hydrogen (secondary N) is 2. The lowest BCUT2D eigenvalue weighted by molar-refractivity contribution is 0.506. The SMILES string of the molecule is Cc1cccc(CNS(=O)(=O)c2c(C)[nH]c(C)c2-c2nnc(C3CC3)o2)c1. The van der Waals surface area contributed by atoms with Crippen LogP contribution in [0, 0.1) is 20.8 Å². The van der Waals surface area contributed by atoms with Gasteiger partial charge in [-0.05, 0) is 39.2 Å². The number of aromatic amines is 1. The molecule has 0 spiro atoms. The first kappa shape index (κ1) is 17.9. The fourth-order valence-corrected chi connectivity index (χ4v) is 4.72. The van der Waals surface area contributed by atoms with E-state index >= 15 is 0 Å². The van der Waals surface area contributed by atoms with Crippen molar-refractivity contribution in [2.45, 2.75) is 51.0 Å². The third kappa shape index (κ3) is 3.54. The van der Waals surface area contributed by atoms with Gasteiger partial charge in [0.2, 0.25) is 15.9 Å². The predicted octanol–water partition coefficient (Wildman–Crippen LogP) is 3.35. The van der Waals surface area contributed by atoms with Crippen LogP contribution in [0.25, 0.3) is 11.5 Å². The Morgan fingerprint density at radius 2 is 1.96 bits per heavy atom. The molecule has 0 atom stereocenters. The summed E-state index contributed by atoms with van der Waals surface area (Å²) in [4.78, 5) is 3.26. The molecule has 0 saturated heterocycles. The third-order valence-corrected chi connectivity index (χ3v) is 6.29. The van der Waals surface area contributed by atoms with E-state index in [4.69, 9.17) is 4.42 Å². The molecule has 2 aromatic heterocycles. The second-order valence-corrected chi connectivity index (χ2v) is 8.82. The molecule has 4 rings (SSSR count). The Balaban J connectivity index is 1.67. The number of hydrogen-bond acceptors (Lipinski definition) is 5. The molecular formula is C19H22N4O3S. The molecule has 2 N–H and O–H groups in total. The van der Waals surface area contributed by atoms with E-state index in [0.29, 0.717) is 28.8 Å². The number of aryl methyl sites for hydroxylation is 3. The summed E-state index contributed by atoms with van der Waals surface area (Å²) in [6.07, 6.45) is 2.08. The molecule has 1 saturated carbocycles. The van der Waals surface area contributed by atoms with E-state index < -0.39 is 10.0 Å². The van der Waals surface area contributed by atoms with Crippen LogP contribution in [-0.2, 0) is 16.6 Å². The van der Waals surface area contributed by atoms with Crippen molar-refractivity contribution in [1.29, 1.82) is 0 Å². The van der Waals surface area contributed by atoms with Crippen LogP contribution in [0.1, 0.15) is 47.2 Å². The summed E-state index contributed by atoms with van der Waals surface area (Å²) < 4.78 is 34.6. The molecule has 7 nitrogen and oxygen atoms in total. The summed E-state index contributed by atoms with van der Waals surface area (Å²) in [5.41, 5.74) is 3.67.